The third-order valence-corrected chi connectivity index (χ3v) is 11.2. The van der Waals surface area contributed by atoms with Gasteiger partial charge in [-0.1, -0.05) is 23.8 Å². The van der Waals surface area contributed by atoms with Gasteiger partial charge in [-0.3, -0.25) is 4.79 Å². The molecule has 230 valence electrons. The molecule has 0 bridgehead atoms. The van der Waals surface area contributed by atoms with Crippen molar-refractivity contribution in [3.63, 3.8) is 0 Å². The van der Waals surface area contributed by atoms with Crippen LogP contribution in [0.1, 0.15) is 57.1 Å². The Morgan fingerprint density at radius 1 is 1.17 bits per heavy atom. The Labute approximate surface area is 249 Å². The molecule has 1 unspecified atom stereocenters. The number of nitrogens with one attached hydrogen (secondary N) is 1. The van der Waals surface area contributed by atoms with Gasteiger partial charge in [-0.25, -0.2) is 8.42 Å². The number of rotatable bonds is 12. The SMILES string of the molecule is COCCCN1CC(C)(C)Oc2ccc(CO[C@@H]3CC[C@@H](C(C4(C(=O)O)CC4)S(=O)(=O)c4ccc(C)cc4)NC3)cc21. The van der Waals surface area contributed by atoms with Gasteiger partial charge in [-0.15, -0.1) is 0 Å². The topological polar surface area (TPSA) is 114 Å². The number of hydrogen-bond donors (Lipinski definition) is 2. The average molecular weight is 601 g/mol. The maximum Gasteiger partial charge on any atom is 0.311 e. The van der Waals surface area contributed by atoms with Gasteiger partial charge < -0.3 is 29.5 Å². The van der Waals surface area contributed by atoms with Crippen molar-refractivity contribution in [2.24, 2.45) is 5.41 Å². The summed E-state index contributed by atoms with van der Waals surface area (Å²) in [6.07, 6.45) is 2.74. The number of nitrogens with zero attached hydrogens (tertiary/aromatic N) is 1. The number of aliphatic carboxylic acids is 1. The predicted molar refractivity (Wildman–Crippen MR) is 161 cm³/mol. The van der Waals surface area contributed by atoms with Crippen LogP contribution in [-0.4, -0.2) is 75.8 Å². The van der Waals surface area contributed by atoms with Gasteiger partial charge in [0.25, 0.3) is 0 Å². The van der Waals surface area contributed by atoms with Gasteiger partial charge in [0.1, 0.15) is 11.4 Å². The van der Waals surface area contributed by atoms with Crippen LogP contribution in [0.3, 0.4) is 0 Å². The Morgan fingerprint density at radius 2 is 1.90 bits per heavy atom. The van der Waals surface area contributed by atoms with Crippen LogP contribution in [0.4, 0.5) is 5.69 Å². The standard InChI is InChI=1S/C32H44N2O7S/c1-22-6-10-25(11-7-22)42(37,38)29(32(14-15-32)30(35)36)26-12-9-24(19-33-26)40-20-23-8-13-28-27(18-23)34(16-5-17-39-4)21-31(2,3)41-28/h6-8,10-11,13,18,24,26,29,33H,5,9,12,14-17,19-21H2,1-4H3,(H,35,36)/t24-,26+,29?/m1/s1. The van der Waals surface area contributed by atoms with Crippen LogP contribution in [0, 0.1) is 12.3 Å². The number of carboxylic acid groups (broad SMARTS) is 1. The second-order valence-electron chi connectivity index (χ2n) is 12.7. The first-order valence-corrected chi connectivity index (χ1v) is 16.4. The predicted octanol–water partition coefficient (Wildman–Crippen LogP) is 4.35. The van der Waals surface area contributed by atoms with Crippen molar-refractivity contribution in [3.05, 3.63) is 53.6 Å². The van der Waals surface area contributed by atoms with E-state index in [1.54, 1.807) is 31.4 Å². The summed E-state index contributed by atoms with van der Waals surface area (Å²) >= 11 is 0. The molecule has 0 aromatic heterocycles. The number of fused-ring (bicyclic) bond motifs is 1. The fourth-order valence-electron chi connectivity index (χ4n) is 6.45. The molecule has 2 fully saturated rings. The van der Waals surface area contributed by atoms with E-state index in [0.29, 0.717) is 45.4 Å². The lowest BCUT2D eigenvalue weighted by Gasteiger charge is -2.41. The van der Waals surface area contributed by atoms with E-state index in [-0.39, 0.29) is 16.6 Å². The van der Waals surface area contributed by atoms with Crippen LogP contribution in [0.5, 0.6) is 5.75 Å². The summed E-state index contributed by atoms with van der Waals surface area (Å²) in [6, 6.07) is 12.4. The van der Waals surface area contributed by atoms with Crippen molar-refractivity contribution in [2.75, 3.05) is 38.3 Å². The van der Waals surface area contributed by atoms with Crippen molar-refractivity contribution in [2.45, 2.75) is 87.4 Å². The average Bonchev–Trinajstić information content (AvgIpc) is 3.74. The zero-order valence-corrected chi connectivity index (χ0v) is 25.9. The Kier molecular flexibility index (Phi) is 8.90. The molecule has 1 saturated heterocycles. The molecular weight excluding hydrogens is 556 g/mol. The molecular formula is C32H44N2O7S. The van der Waals surface area contributed by atoms with Gasteiger partial charge in [0.15, 0.2) is 9.84 Å². The first-order valence-electron chi connectivity index (χ1n) is 14.9. The molecule has 2 aromatic carbocycles. The molecule has 2 heterocycles. The van der Waals surface area contributed by atoms with E-state index in [0.717, 1.165) is 42.1 Å². The van der Waals surface area contributed by atoms with Crippen LogP contribution in [-0.2, 0) is 30.7 Å². The largest absolute Gasteiger partial charge is 0.484 e. The van der Waals surface area contributed by atoms with Crippen LogP contribution in [0.15, 0.2) is 47.4 Å². The zero-order chi connectivity index (χ0) is 30.1. The number of aryl methyl sites for hydroxylation is 1. The van der Waals surface area contributed by atoms with E-state index >= 15 is 0 Å². The van der Waals surface area contributed by atoms with Crippen molar-refractivity contribution >= 4 is 21.5 Å². The number of sulfone groups is 1. The lowest BCUT2D eigenvalue weighted by molar-refractivity contribution is -0.143. The third kappa shape index (κ3) is 6.46. The molecule has 0 amide bonds. The fraction of sp³-hybridized carbons (Fsp3) is 0.594. The van der Waals surface area contributed by atoms with E-state index in [1.807, 2.05) is 19.1 Å². The molecule has 1 aliphatic carbocycles. The molecule has 9 nitrogen and oxygen atoms in total. The summed E-state index contributed by atoms with van der Waals surface area (Å²) in [5.41, 5.74) is 1.52. The summed E-state index contributed by atoms with van der Waals surface area (Å²) in [4.78, 5) is 14.9. The summed E-state index contributed by atoms with van der Waals surface area (Å²) in [6.45, 7) is 9.33. The molecule has 2 aliphatic heterocycles. The van der Waals surface area contributed by atoms with Crippen molar-refractivity contribution in [1.29, 1.82) is 0 Å². The van der Waals surface area contributed by atoms with Crippen LogP contribution >= 0.6 is 0 Å². The minimum Gasteiger partial charge on any atom is -0.484 e. The van der Waals surface area contributed by atoms with Gasteiger partial charge in [0.2, 0.25) is 0 Å². The minimum absolute atomic E-state index is 0.104. The highest BCUT2D eigenvalue weighted by atomic mass is 32.2. The quantitative estimate of drug-likeness (QED) is 0.343. The number of ether oxygens (including phenoxy) is 3. The summed E-state index contributed by atoms with van der Waals surface area (Å²) in [5.74, 6) is -0.165. The molecule has 2 aromatic rings. The van der Waals surface area contributed by atoms with E-state index < -0.39 is 32.5 Å². The second kappa shape index (κ2) is 12.1. The number of carbonyl (C=O) groups is 1. The van der Waals surface area contributed by atoms with E-state index in [2.05, 4.69) is 30.1 Å². The fourth-order valence-corrected chi connectivity index (χ4v) is 8.86. The van der Waals surface area contributed by atoms with Crippen molar-refractivity contribution < 1.29 is 32.5 Å². The second-order valence-corrected chi connectivity index (χ2v) is 14.8. The Balaban J connectivity index is 1.24. The summed E-state index contributed by atoms with van der Waals surface area (Å²) < 4.78 is 45.5. The number of benzene rings is 2. The molecule has 5 rings (SSSR count). The van der Waals surface area contributed by atoms with Crippen LogP contribution in [0.2, 0.25) is 0 Å². The summed E-state index contributed by atoms with van der Waals surface area (Å²) in [7, 11) is -2.15. The lowest BCUT2D eigenvalue weighted by atomic mass is 9.90. The number of anilines is 1. The van der Waals surface area contributed by atoms with E-state index in [1.165, 1.54) is 0 Å². The molecule has 2 N–H and O–H groups in total. The van der Waals surface area contributed by atoms with E-state index in [9.17, 15) is 18.3 Å². The molecule has 3 atom stereocenters. The molecule has 1 saturated carbocycles. The van der Waals surface area contributed by atoms with Crippen LogP contribution < -0.4 is 15.0 Å². The Morgan fingerprint density at radius 3 is 2.52 bits per heavy atom. The highest BCUT2D eigenvalue weighted by Crippen LogP contribution is 2.54. The maximum atomic E-state index is 13.8. The van der Waals surface area contributed by atoms with Crippen molar-refractivity contribution in [3.8, 4) is 5.75 Å². The highest BCUT2D eigenvalue weighted by Gasteiger charge is 2.63. The molecule has 3 aliphatic rings. The molecule has 0 radical (unpaired) electrons. The smallest absolute Gasteiger partial charge is 0.311 e. The van der Waals surface area contributed by atoms with Crippen molar-refractivity contribution in [1.82, 2.24) is 5.32 Å². The highest BCUT2D eigenvalue weighted by molar-refractivity contribution is 7.92. The van der Waals surface area contributed by atoms with Crippen LogP contribution in [0.25, 0.3) is 0 Å². The first kappa shape index (κ1) is 30.8. The minimum atomic E-state index is -3.87. The Bertz CT molecular complexity index is 1360. The van der Waals surface area contributed by atoms with E-state index in [4.69, 9.17) is 14.2 Å². The number of piperidine rings is 1. The maximum absolute atomic E-state index is 13.8. The van der Waals surface area contributed by atoms with Gasteiger partial charge in [-0.05, 0) is 82.7 Å². The number of methoxy groups -OCH3 is 1. The number of hydrogen-bond acceptors (Lipinski definition) is 8. The van der Waals surface area contributed by atoms with Gasteiger partial charge in [0, 0.05) is 32.8 Å². The number of carboxylic acids is 1. The zero-order valence-electron chi connectivity index (χ0n) is 25.1. The lowest BCUT2D eigenvalue weighted by Crippen LogP contribution is -2.55. The first-order chi connectivity index (χ1) is 19.9. The van der Waals surface area contributed by atoms with Gasteiger partial charge >= 0.3 is 5.97 Å². The normalized spacial score (nSPS) is 23.5. The third-order valence-electron chi connectivity index (χ3n) is 8.80. The monoisotopic (exact) mass is 600 g/mol. The van der Waals surface area contributed by atoms with Gasteiger partial charge in [-0.2, -0.15) is 0 Å². The molecule has 10 heteroatoms. The van der Waals surface area contributed by atoms with Gasteiger partial charge in [0.05, 0.1) is 40.5 Å². The Hall–Kier alpha value is -2.66. The summed E-state index contributed by atoms with van der Waals surface area (Å²) in [5, 5.41) is 12.4. The molecule has 0 spiro atoms. The molecule has 42 heavy (non-hydrogen) atoms.